The van der Waals surface area contributed by atoms with Crippen LogP contribution in [0.3, 0.4) is 0 Å². The van der Waals surface area contributed by atoms with Crippen molar-refractivity contribution in [1.82, 2.24) is 20.2 Å². The van der Waals surface area contributed by atoms with Crippen molar-refractivity contribution < 1.29 is 14.3 Å². The molecule has 1 fully saturated rings. The Labute approximate surface area is 131 Å². The van der Waals surface area contributed by atoms with Gasteiger partial charge in [0.15, 0.2) is 0 Å². The van der Waals surface area contributed by atoms with Crippen molar-refractivity contribution in [2.24, 2.45) is 5.92 Å². The van der Waals surface area contributed by atoms with Gasteiger partial charge in [-0.2, -0.15) is 0 Å². The van der Waals surface area contributed by atoms with E-state index in [0.717, 1.165) is 13.1 Å². The molecular weight excluding hydrogens is 284 g/mol. The Morgan fingerprint density at radius 3 is 2.82 bits per heavy atom. The van der Waals surface area contributed by atoms with Gasteiger partial charge in [0.25, 0.3) is 0 Å². The van der Waals surface area contributed by atoms with Crippen LogP contribution in [0.1, 0.15) is 20.8 Å². The van der Waals surface area contributed by atoms with Gasteiger partial charge in [0, 0.05) is 44.5 Å². The summed E-state index contributed by atoms with van der Waals surface area (Å²) < 4.78 is 11.0. The zero-order chi connectivity index (χ0) is 16.0. The minimum absolute atomic E-state index is 0.166. The highest BCUT2D eigenvalue weighted by atomic mass is 16.6. The van der Waals surface area contributed by atoms with Gasteiger partial charge in [-0.25, -0.2) is 14.8 Å². The number of carbonyl (C=O) groups is 1. The lowest BCUT2D eigenvalue weighted by Crippen LogP contribution is -2.40. The quantitative estimate of drug-likeness (QED) is 0.907. The van der Waals surface area contributed by atoms with Crippen LogP contribution in [-0.4, -0.2) is 59.3 Å². The van der Waals surface area contributed by atoms with Crippen LogP contribution in [-0.2, 0) is 4.74 Å². The first-order chi connectivity index (χ1) is 10.4. The molecule has 1 saturated heterocycles. The van der Waals surface area contributed by atoms with E-state index in [1.807, 2.05) is 20.8 Å². The molecule has 1 aliphatic rings. The molecule has 7 heteroatoms. The lowest BCUT2D eigenvalue weighted by molar-refractivity contribution is 0.0229. The molecule has 2 rings (SSSR count). The number of nitrogens with one attached hydrogen (secondary N) is 1. The molecule has 1 aromatic rings. The van der Waals surface area contributed by atoms with Crippen molar-refractivity contribution in [3.63, 3.8) is 0 Å². The smallest absolute Gasteiger partial charge is 0.410 e. The van der Waals surface area contributed by atoms with Gasteiger partial charge in [-0.15, -0.1) is 0 Å². The normalized spacial score (nSPS) is 19.4. The van der Waals surface area contributed by atoms with Crippen LogP contribution < -0.4 is 10.1 Å². The maximum atomic E-state index is 12.2. The first kappa shape index (κ1) is 16.5. The van der Waals surface area contributed by atoms with Gasteiger partial charge in [-0.3, -0.25) is 0 Å². The van der Waals surface area contributed by atoms with Crippen LogP contribution in [0.25, 0.3) is 0 Å². The van der Waals surface area contributed by atoms with E-state index in [-0.39, 0.29) is 12.0 Å². The summed E-state index contributed by atoms with van der Waals surface area (Å²) in [5.41, 5.74) is -0.485. The second-order valence-electron chi connectivity index (χ2n) is 6.34. The van der Waals surface area contributed by atoms with Crippen LogP contribution >= 0.6 is 0 Å². The first-order valence-corrected chi connectivity index (χ1v) is 7.52. The topological polar surface area (TPSA) is 76.6 Å². The molecule has 1 aliphatic heterocycles. The Morgan fingerprint density at radius 1 is 1.41 bits per heavy atom. The Kier molecular flexibility index (Phi) is 5.54. The molecule has 1 amide bonds. The van der Waals surface area contributed by atoms with E-state index in [0.29, 0.717) is 25.7 Å². The third-order valence-electron chi connectivity index (χ3n) is 3.11. The maximum absolute atomic E-state index is 12.2. The highest BCUT2D eigenvalue weighted by molar-refractivity contribution is 5.68. The fraction of sp³-hybridized carbons (Fsp3) is 0.667. The summed E-state index contributed by atoms with van der Waals surface area (Å²) in [6, 6.07) is 2.10. The van der Waals surface area contributed by atoms with Crippen molar-refractivity contribution in [3.8, 4) is 6.01 Å². The van der Waals surface area contributed by atoms with Crippen molar-refractivity contribution in [3.05, 3.63) is 18.5 Å². The van der Waals surface area contributed by atoms with Crippen molar-refractivity contribution in [2.45, 2.75) is 26.4 Å². The van der Waals surface area contributed by atoms with Gasteiger partial charge < -0.3 is 19.7 Å². The monoisotopic (exact) mass is 308 g/mol. The largest absolute Gasteiger partial charge is 0.463 e. The fourth-order valence-electron chi connectivity index (χ4n) is 2.14. The summed E-state index contributed by atoms with van der Waals surface area (Å²) in [7, 11) is 0. The number of nitrogens with zero attached hydrogens (tertiary/aromatic N) is 3. The summed E-state index contributed by atoms with van der Waals surface area (Å²) in [4.78, 5) is 22.0. The van der Waals surface area contributed by atoms with E-state index in [1.54, 1.807) is 23.4 Å². The number of amides is 1. The Morgan fingerprint density at radius 2 is 2.14 bits per heavy atom. The van der Waals surface area contributed by atoms with E-state index >= 15 is 0 Å². The fourth-order valence-corrected chi connectivity index (χ4v) is 2.14. The van der Waals surface area contributed by atoms with E-state index in [2.05, 4.69) is 15.3 Å². The molecule has 122 valence electrons. The van der Waals surface area contributed by atoms with Crippen LogP contribution in [0.5, 0.6) is 6.01 Å². The molecule has 0 unspecified atom stereocenters. The molecule has 1 N–H and O–H groups in total. The first-order valence-electron chi connectivity index (χ1n) is 7.52. The second-order valence-corrected chi connectivity index (χ2v) is 6.34. The molecule has 0 aromatic carbocycles. The number of hydrogen-bond donors (Lipinski definition) is 1. The summed E-state index contributed by atoms with van der Waals surface area (Å²) in [5.74, 6) is 0.166. The molecule has 0 bridgehead atoms. The van der Waals surface area contributed by atoms with Crippen LogP contribution in [0.2, 0.25) is 0 Å². The standard InChI is InChI=1S/C15H24N4O3/c1-15(2,3)22-14(20)19-8-7-16-9-12(10-19)11-21-13-17-5-4-6-18-13/h4-6,12,16H,7-11H2,1-3H3/t12-/m0/s1. The van der Waals surface area contributed by atoms with Gasteiger partial charge in [-0.05, 0) is 26.8 Å². The third-order valence-corrected chi connectivity index (χ3v) is 3.11. The number of rotatable bonds is 3. The SMILES string of the molecule is CC(C)(C)OC(=O)N1CCNC[C@H](COc2ncccn2)C1. The Balaban J connectivity index is 1.88. The van der Waals surface area contributed by atoms with E-state index in [9.17, 15) is 4.79 Å². The van der Waals surface area contributed by atoms with Crippen molar-refractivity contribution in [2.75, 3.05) is 32.8 Å². The second kappa shape index (κ2) is 7.40. The van der Waals surface area contributed by atoms with Gasteiger partial charge in [0.1, 0.15) is 5.60 Å². The predicted molar refractivity (Wildman–Crippen MR) is 81.7 cm³/mol. The molecule has 1 aromatic heterocycles. The molecule has 0 aliphatic carbocycles. The third kappa shape index (κ3) is 5.48. The number of carbonyl (C=O) groups excluding carboxylic acids is 1. The van der Waals surface area contributed by atoms with E-state index in [1.165, 1.54) is 0 Å². The predicted octanol–water partition coefficient (Wildman–Crippen LogP) is 1.31. The number of aromatic nitrogens is 2. The minimum Gasteiger partial charge on any atom is -0.463 e. The molecular formula is C15H24N4O3. The number of hydrogen-bond acceptors (Lipinski definition) is 6. The zero-order valence-electron chi connectivity index (χ0n) is 13.4. The highest BCUT2D eigenvalue weighted by Gasteiger charge is 2.26. The van der Waals surface area contributed by atoms with Crippen molar-refractivity contribution in [1.29, 1.82) is 0 Å². The lowest BCUT2D eigenvalue weighted by Gasteiger charge is -2.27. The van der Waals surface area contributed by atoms with Gasteiger partial charge in [0.05, 0.1) is 6.61 Å². The van der Waals surface area contributed by atoms with Crippen molar-refractivity contribution >= 4 is 6.09 Å². The Hall–Kier alpha value is -1.89. The van der Waals surface area contributed by atoms with Gasteiger partial charge in [0.2, 0.25) is 0 Å². The summed E-state index contributed by atoms with van der Waals surface area (Å²) in [6.45, 7) is 8.82. The van der Waals surface area contributed by atoms with Crippen LogP contribution in [0.4, 0.5) is 4.79 Å². The molecule has 0 saturated carbocycles. The minimum atomic E-state index is -0.485. The summed E-state index contributed by atoms with van der Waals surface area (Å²) >= 11 is 0. The Bertz CT molecular complexity index is 475. The highest BCUT2D eigenvalue weighted by Crippen LogP contribution is 2.13. The average Bonchev–Trinajstić information content (AvgIpc) is 2.70. The molecule has 22 heavy (non-hydrogen) atoms. The summed E-state index contributed by atoms with van der Waals surface area (Å²) in [6.07, 6.45) is 3.00. The van der Waals surface area contributed by atoms with Gasteiger partial charge >= 0.3 is 12.1 Å². The summed E-state index contributed by atoms with van der Waals surface area (Å²) in [5, 5.41) is 3.31. The number of ether oxygens (including phenoxy) is 2. The molecule has 7 nitrogen and oxygen atoms in total. The van der Waals surface area contributed by atoms with Gasteiger partial charge in [-0.1, -0.05) is 0 Å². The lowest BCUT2D eigenvalue weighted by atomic mass is 10.1. The van der Waals surface area contributed by atoms with E-state index < -0.39 is 5.60 Å². The van der Waals surface area contributed by atoms with E-state index in [4.69, 9.17) is 9.47 Å². The van der Waals surface area contributed by atoms with Crippen LogP contribution in [0.15, 0.2) is 18.5 Å². The molecule has 1 atom stereocenters. The molecule has 0 spiro atoms. The average molecular weight is 308 g/mol. The maximum Gasteiger partial charge on any atom is 0.410 e. The molecule has 0 radical (unpaired) electrons. The zero-order valence-corrected chi connectivity index (χ0v) is 13.4. The van der Waals surface area contributed by atoms with Crippen LogP contribution in [0, 0.1) is 5.92 Å². The molecule has 2 heterocycles.